The summed E-state index contributed by atoms with van der Waals surface area (Å²) in [4.78, 5) is 2.30. The van der Waals surface area contributed by atoms with Crippen LogP contribution >= 0.6 is 0 Å². The molecule has 0 aliphatic carbocycles. The van der Waals surface area contributed by atoms with Crippen molar-refractivity contribution in [2.24, 2.45) is 0 Å². The average Bonchev–Trinajstić information content (AvgIpc) is 2.40. The van der Waals surface area contributed by atoms with E-state index in [9.17, 15) is 0 Å². The lowest BCUT2D eigenvalue weighted by molar-refractivity contribution is 0.360. The molecule has 0 radical (unpaired) electrons. The summed E-state index contributed by atoms with van der Waals surface area (Å²) in [6.45, 7) is 1.86. The molecule has 1 aliphatic heterocycles. The van der Waals surface area contributed by atoms with E-state index in [0.717, 1.165) is 18.8 Å². The van der Waals surface area contributed by atoms with Gasteiger partial charge in [0, 0.05) is 30.5 Å². The molecule has 0 fully saturated rings. The van der Waals surface area contributed by atoms with Gasteiger partial charge in [-0.25, -0.2) is 0 Å². The van der Waals surface area contributed by atoms with Crippen molar-refractivity contribution in [1.29, 1.82) is 0 Å². The van der Waals surface area contributed by atoms with Crippen LogP contribution in [0.2, 0.25) is 0 Å². The Morgan fingerprint density at radius 3 is 2.67 bits per heavy atom. The van der Waals surface area contributed by atoms with E-state index in [1.54, 1.807) is 0 Å². The van der Waals surface area contributed by atoms with Crippen LogP contribution in [0.1, 0.15) is 16.7 Å². The van der Waals surface area contributed by atoms with Crippen LogP contribution in [0.3, 0.4) is 0 Å². The van der Waals surface area contributed by atoms with Crippen molar-refractivity contribution >= 4 is 11.8 Å². The lowest BCUT2D eigenvalue weighted by Crippen LogP contribution is -2.19. The van der Waals surface area contributed by atoms with E-state index >= 15 is 0 Å². The molecule has 0 aromatic heterocycles. The third-order valence-corrected chi connectivity index (χ3v) is 3.28. The molecule has 2 heteroatoms. The predicted molar refractivity (Wildman–Crippen MR) is 75.6 cm³/mol. The first kappa shape index (κ1) is 10.9. The van der Waals surface area contributed by atoms with E-state index in [4.69, 9.17) is 5.73 Å². The van der Waals surface area contributed by atoms with Crippen LogP contribution in [0, 0.1) is 0 Å². The second-order valence-electron chi connectivity index (χ2n) is 4.63. The Hall–Kier alpha value is -2.22. The molecule has 0 unspecified atom stereocenters. The number of nitrogen functional groups attached to an aromatic ring is 1. The molecule has 2 aromatic carbocycles. The SMILES string of the molecule is Nc1cccc2c1C=CN(Cc1ccccc1)C2. The third-order valence-electron chi connectivity index (χ3n) is 3.28. The first-order valence-corrected chi connectivity index (χ1v) is 6.16. The monoisotopic (exact) mass is 236 g/mol. The highest BCUT2D eigenvalue weighted by Gasteiger charge is 2.12. The van der Waals surface area contributed by atoms with Crippen molar-refractivity contribution in [2.45, 2.75) is 13.1 Å². The smallest absolute Gasteiger partial charge is 0.0434 e. The molecule has 2 nitrogen and oxygen atoms in total. The van der Waals surface area contributed by atoms with Gasteiger partial charge in [-0.1, -0.05) is 42.5 Å². The molecule has 18 heavy (non-hydrogen) atoms. The van der Waals surface area contributed by atoms with Crippen molar-refractivity contribution < 1.29 is 0 Å². The van der Waals surface area contributed by atoms with Gasteiger partial charge in [0.25, 0.3) is 0 Å². The highest BCUT2D eigenvalue weighted by Crippen LogP contribution is 2.25. The van der Waals surface area contributed by atoms with E-state index < -0.39 is 0 Å². The minimum Gasteiger partial charge on any atom is -0.398 e. The van der Waals surface area contributed by atoms with Gasteiger partial charge < -0.3 is 10.6 Å². The Morgan fingerprint density at radius 1 is 1.00 bits per heavy atom. The van der Waals surface area contributed by atoms with Gasteiger partial charge in [0.2, 0.25) is 0 Å². The van der Waals surface area contributed by atoms with Gasteiger partial charge in [-0.3, -0.25) is 0 Å². The maximum Gasteiger partial charge on any atom is 0.0434 e. The molecule has 2 N–H and O–H groups in total. The second-order valence-corrected chi connectivity index (χ2v) is 4.63. The van der Waals surface area contributed by atoms with Gasteiger partial charge in [0.05, 0.1) is 0 Å². The quantitative estimate of drug-likeness (QED) is 0.811. The lowest BCUT2D eigenvalue weighted by Gasteiger charge is -2.26. The molecule has 0 spiro atoms. The van der Waals surface area contributed by atoms with Crippen LogP contribution in [-0.2, 0) is 13.1 Å². The molecule has 0 atom stereocenters. The molecular weight excluding hydrogens is 220 g/mol. The Bertz CT molecular complexity index is 573. The Morgan fingerprint density at radius 2 is 1.83 bits per heavy atom. The molecule has 0 saturated heterocycles. The van der Waals surface area contributed by atoms with Crippen molar-refractivity contribution in [3.8, 4) is 0 Å². The van der Waals surface area contributed by atoms with Crippen LogP contribution in [0.25, 0.3) is 6.08 Å². The van der Waals surface area contributed by atoms with Crippen molar-refractivity contribution in [1.82, 2.24) is 4.90 Å². The van der Waals surface area contributed by atoms with E-state index in [1.807, 2.05) is 18.2 Å². The summed E-state index contributed by atoms with van der Waals surface area (Å²) in [5.41, 5.74) is 10.6. The maximum atomic E-state index is 5.97. The number of nitrogens with zero attached hydrogens (tertiary/aromatic N) is 1. The van der Waals surface area contributed by atoms with Crippen molar-refractivity contribution in [2.75, 3.05) is 5.73 Å². The highest BCUT2D eigenvalue weighted by atomic mass is 15.1. The summed E-state index contributed by atoms with van der Waals surface area (Å²) >= 11 is 0. The summed E-state index contributed by atoms with van der Waals surface area (Å²) in [6.07, 6.45) is 4.24. The average molecular weight is 236 g/mol. The Kier molecular flexibility index (Phi) is 2.77. The largest absolute Gasteiger partial charge is 0.398 e. The summed E-state index contributed by atoms with van der Waals surface area (Å²) in [5, 5.41) is 0. The van der Waals surface area contributed by atoms with E-state index in [0.29, 0.717) is 0 Å². The first-order valence-electron chi connectivity index (χ1n) is 6.16. The first-order chi connectivity index (χ1) is 8.83. The number of hydrogen-bond acceptors (Lipinski definition) is 2. The van der Waals surface area contributed by atoms with Crippen LogP contribution in [0.4, 0.5) is 5.69 Å². The number of anilines is 1. The van der Waals surface area contributed by atoms with Crippen LogP contribution in [0.15, 0.2) is 54.7 Å². The summed E-state index contributed by atoms with van der Waals surface area (Å²) in [6, 6.07) is 16.6. The fourth-order valence-electron chi connectivity index (χ4n) is 2.35. The maximum absolute atomic E-state index is 5.97. The number of nitrogens with two attached hydrogens (primary N) is 1. The summed E-state index contributed by atoms with van der Waals surface area (Å²) in [5.74, 6) is 0. The van der Waals surface area contributed by atoms with Gasteiger partial charge in [0.1, 0.15) is 0 Å². The zero-order valence-electron chi connectivity index (χ0n) is 10.2. The minimum absolute atomic E-state index is 0.864. The van der Waals surface area contributed by atoms with Gasteiger partial charge in [-0.2, -0.15) is 0 Å². The molecular formula is C16H16N2. The fraction of sp³-hybridized carbons (Fsp3) is 0.125. The summed E-state index contributed by atoms with van der Waals surface area (Å²) < 4.78 is 0. The topological polar surface area (TPSA) is 29.3 Å². The van der Waals surface area contributed by atoms with E-state index in [-0.39, 0.29) is 0 Å². The molecule has 0 amide bonds. The lowest BCUT2D eigenvalue weighted by atomic mass is 10.0. The molecule has 0 bridgehead atoms. The zero-order valence-corrected chi connectivity index (χ0v) is 10.2. The highest BCUT2D eigenvalue weighted by molar-refractivity contribution is 5.68. The molecule has 1 aliphatic rings. The number of fused-ring (bicyclic) bond motifs is 1. The summed E-state index contributed by atoms with van der Waals surface area (Å²) in [7, 11) is 0. The van der Waals surface area contributed by atoms with Crippen molar-refractivity contribution in [3.63, 3.8) is 0 Å². The molecule has 2 aromatic rings. The number of benzene rings is 2. The fourth-order valence-corrected chi connectivity index (χ4v) is 2.35. The van der Waals surface area contributed by atoms with E-state index in [1.165, 1.54) is 16.7 Å². The molecule has 3 rings (SSSR count). The Labute approximate surface area is 107 Å². The number of hydrogen-bond donors (Lipinski definition) is 1. The normalized spacial score (nSPS) is 13.4. The van der Waals surface area contributed by atoms with Gasteiger partial charge in [-0.15, -0.1) is 0 Å². The minimum atomic E-state index is 0.864. The Balaban J connectivity index is 1.80. The van der Waals surface area contributed by atoms with Crippen LogP contribution in [-0.4, -0.2) is 4.90 Å². The number of rotatable bonds is 2. The molecule has 1 heterocycles. The predicted octanol–water partition coefficient (Wildman–Crippen LogP) is 3.26. The van der Waals surface area contributed by atoms with Crippen LogP contribution in [0.5, 0.6) is 0 Å². The molecule has 0 saturated carbocycles. The van der Waals surface area contributed by atoms with Gasteiger partial charge in [0.15, 0.2) is 0 Å². The standard InChI is InChI=1S/C16H16N2/c17-16-8-4-7-14-12-18(10-9-15(14)16)11-13-5-2-1-3-6-13/h1-10H,11-12,17H2. The van der Waals surface area contributed by atoms with Gasteiger partial charge >= 0.3 is 0 Å². The third kappa shape index (κ3) is 2.09. The van der Waals surface area contributed by atoms with E-state index in [2.05, 4.69) is 47.5 Å². The zero-order chi connectivity index (χ0) is 12.4. The van der Waals surface area contributed by atoms with Crippen LogP contribution < -0.4 is 5.73 Å². The van der Waals surface area contributed by atoms with Crippen molar-refractivity contribution in [3.05, 3.63) is 71.4 Å². The second kappa shape index (κ2) is 4.57. The van der Waals surface area contributed by atoms with Gasteiger partial charge in [-0.05, 0) is 23.3 Å². The molecule has 90 valence electrons.